The van der Waals surface area contributed by atoms with Gasteiger partial charge in [0.1, 0.15) is 0 Å². The number of carbonyl (C=O) groups excluding carboxylic acids is 1. The van der Waals surface area contributed by atoms with Gasteiger partial charge in [0.25, 0.3) is 0 Å². The van der Waals surface area contributed by atoms with E-state index in [4.69, 9.17) is 0 Å². The molecule has 1 amide bonds. The monoisotopic (exact) mass is 295 g/mol. The molecular formula is C15H25N3OS. The number of hydrogen-bond donors (Lipinski definition) is 2. The van der Waals surface area contributed by atoms with Gasteiger partial charge in [-0.1, -0.05) is 20.8 Å². The summed E-state index contributed by atoms with van der Waals surface area (Å²) in [5, 5.41) is 9.10. The molecule has 0 radical (unpaired) electrons. The van der Waals surface area contributed by atoms with Gasteiger partial charge >= 0.3 is 0 Å². The fourth-order valence-electron chi connectivity index (χ4n) is 2.60. The molecule has 1 aliphatic heterocycles. The molecule has 2 unspecified atom stereocenters. The van der Waals surface area contributed by atoms with Crippen molar-refractivity contribution in [3.63, 3.8) is 0 Å². The first-order valence-corrected chi connectivity index (χ1v) is 8.40. The predicted octanol–water partition coefficient (Wildman–Crippen LogP) is 3.23. The Bertz CT molecular complexity index is 438. The van der Waals surface area contributed by atoms with Crippen LogP contribution in [0.3, 0.4) is 0 Å². The molecule has 1 aliphatic rings. The molecule has 5 heteroatoms. The molecule has 2 heterocycles. The second-order valence-corrected chi connectivity index (χ2v) is 6.93. The maximum atomic E-state index is 12.1. The van der Waals surface area contributed by atoms with Gasteiger partial charge in [-0.25, -0.2) is 4.98 Å². The fourth-order valence-corrected chi connectivity index (χ4v) is 3.49. The SMILES string of the molecule is CC(C)c1csc(NC(=O)CC(C)C2CCCNC2)n1. The Labute approximate surface area is 125 Å². The largest absolute Gasteiger partial charge is 0.316 e. The van der Waals surface area contributed by atoms with Crippen LogP contribution in [0, 0.1) is 11.8 Å². The summed E-state index contributed by atoms with van der Waals surface area (Å²) in [6.07, 6.45) is 3.04. The maximum absolute atomic E-state index is 12.1. The molecule has 0 aromatic carbocycles. The summed E-state index contributed by atoms with van der Waals surface area (Å²) < 4.78 is 0. The van der Waals surface area contributed by atoms with Crippen LogP contribution < -0.4 is 10.6 Å². The third kappa shape index (κ3) is 4.28. The number of anilines is 1. The third-order valence-corrected chi connectivity index (χ3v) is 4.78. The van der Waals surface area contributed by atoms with E-state index in [1.165, 1.54) is 24.2 Å². The van der Waals surface area contributed by atoms with Crippen LogP contribution >= 0.6 is 11.3 Å². The Morgan fingerprint density at radius 2 is 2.35 bits per heavy atom. The number of aromatic nitrogens is 1. The van der Waals surface area contributed by atoms with Crippen molar-refractivity contribution in [3.05, 3.63) is 11.1 Å². The Balaban J connectivity index is 1.81. The van der Waals surface area contributed by atoms with E-state index in [-0.39, 0.29) is 5.91 Å². The number of nitrogens with one attached hydrogen (secondary N) is 2. The van der Waals surface area contributed by atoms with Crippen molar-refractivity contribution in [3.8, 4) is 0 Å². The van der Waals surface area contributed by atoms with E-state index in [9.17, 15) is 4.79 Å². The first-order chi connectivity index (χ1) is 9.56. The Morgan fingerprint density at radius 1 is 1.55 bits per heavy atom. The topological polar surface area (TPSA) is 54.0 Å². The van der Waals surface area contributed by atoms with Gasteiger partial charge in [-0.05, 0) is 43.7 Å². The molecule has 1 fully saturated rings. The van der Waals surface area contributed by atoms with Gasteiger partial charge in [0.05, 0.1) is 5.69 Å². The Kier molecular flexibility index (Phi) is 5.54. The highest BCUT2D eigenvalue weighted by Crippen LogP contribution is 2.24. The van der Waals surface area contributed by atoms with Gasteiger partial charge in [0, 0.05) is 11.8 Å². The van der Waals surface area contributed by atoms with E-state index in [2.05, 4.69) is 36.4 Å². The van der Waals surface area contributed by atoms with Crippen molar-refractivity contribution in [2.24, 2.45) is 11.8 Å². The summed E-state index contributed by atoms with van der Waals surface area (Å²) in [5.41, 5.74) is 1.05. The molecule has 20 heavy (non-hydrogen) atoms. The Morgan fingerprint density at radius 3 is 2.95 bits per heavy atom. The zero-order valence-electron chi connectivity index (χ0n) is 12.6. The molecule has 0 bridgehead atoms. The van der Waals surface area contributed by atoms with Crippen LogP contribution in [0.1, 0.15) is 51.6 Å². The molecule has 4 nitrogen and oxygen atoms in total. The molecule has 2 rings (SSSR count). The third-order valence-electron chi connectivity index (χ3n) is 4.01. The smallest absolute Gasteiger partial charge is 0.226 e. The van der Waals surface area contributed by atoms with E-state index < -0.39 is 0 Å². The van der Waals surface area contributed by atoms with Gasteiger partial charge in [0.15, 0.2) is 5.13 Å². The van der Waals surface area contributed by atoms with Crippen LogP contribution in [-0.2, 0) is 4.79 Å². The van der Waals surface area contributed by atoms with Gasteiger partial charge in [-0.15, -0.1) is 11.3 Å². The molecule has 2 atom stereocenters. The van der Waals surface area contributed by atoms with Crippen molar-refractivity contribution in [1.82, 2.24) is 10.3 Å². The highest BCUT2D eigenvalue weighted by molar-refractivity contribution is 7.13. The molecule has 1 aromatic heterocycles. The molecule has 0 spiro atoms. The number of rotatable bonds is 5. The van der Waals surface area contributed by atoms with Gasteiger partial charge in [-0.3, -0.25) is 4.79 Å². The minimum absolute atomic E-state index is 0.0905. The Hall–Kier alpha value is -0.940. The van der Waals surface area contributed by atoms with Gasteiger partial charge < -0.3 is 10.6 Å². The van der Waals surface area contributed by atoms with Crippen LogP contribution in [0.25, 0.3) is 0 Å². The summed E-state index contributed by atoms with van der Waals surface area (Å²) in [6, 6.07) is 0. The zero-order chi connectivity index (χ0) is 14.5. The first kappa shape index (κ1) is 15.4. The summed E-state index contributed by atoms with van der Waals surface area (Å²) in [7, 11) is 0. The molecule has 112 valence electrons. The molecule has 1 aromatic rings. The highest BCUT2D eigenvalue weighted by Gasteiger charge is 2.22. The lowest BCUT2D eigenvalue weighted by atomic mass is 9.85. The highest BCUT2D eigenvalue weighted by atomic mass is 32.1. The van der Waals surface area contributed by atoms with E-state index in [1.807, 2.05) is 5.38 Å². The average molecular weight is 295 g/mol. The summed E-state index contributed by atoms with van der Waals surface area (Å²) in [6.45, 7) is 8.56. The number of nitrogens with zero attached hydrogens (tertiary/aromatic N) is 1. The van der Waals surface area contributed by atoms with Gasteiger partial charge in [-0.2, -0.15) is 0 Å². The van der Waals surface area contributed by atoms with Crippen LogP contribution in [0.2, 0.25) is 0 Å². The van der Waals surface area contributed by atoms with Crippen LogP contribution in [-0.4, -0.2) is 24.0 Å². The van der Waals surface area contributed by atoms with E-state index >= 15 is 0 Å². The standard InChI is InChI=1S/C15H25N3OS/c1-10(2)13-9-20-15(17-13)18-14(19)7-11(3)12-5-4-6-16-8-12/h9-12,16H,4-8H2,1-3H3,(H,17,18,19). The summed E-state index contributed by atoms with van der Waals surface area (Å²) in [4.78, 5) is 16.5. The molecule has 0 aliphatic carbocycles. The summed E-state index contributed by atoms with van der Waals surface area (Å²) >= 11 is 1.51. The number of thiazole rings is 1. The maximum Gasteiger partial charge on any atom is 0.226 e. The molecule has 2 N–H and O–H groups in total. The van der Waals surface area contributed by atoms with E-state index in [0.29, 0.717) is 24.2 Å². The quantitative estimate of drug-likeness (QED) is 0.877. The lowest BCUT2D eigenvalue weighted by Crippen LogP contribution is -2.34. The van der Waals surface area contributed by atoms with Crippen molar-refractivity contribution in [2.45, 2.75) is 46.0 Å². The number of piperidine rings is 1. The van der Waals surface area contributed by atoms with Crippen LogP contribution in [0.15, 0.2) is 5.38 Å². The molecular weight excluding hydrogens is 270 g/mol. The number of carbonyl (C=O) groups is 1. The van der Waals surface area contributed by atoms with Crippen LogP contribution in [0.4, 0.5) is 5.13 Å². The minimum atomic E-state index is 0.0905. The zero-order valence-corrected chi connectivity index (χ0v) is 13.4. The molecule has 1 saturated heterocycles. The minimum Gasteiger partial charge on any atom is -0.316 e. The van der Waals surface area contributed by atoms with Crippen molar-refractivity contribution in [1.29, 1.82) is 0 Å². The van der Waals surface area contributed by atoms with Crippen LogP contribution in [0.5, 0.6) is 0 Å². The number of hydrogen-bond acceptors (Lipinski definition) is 4. The number of amides is 1. The lowest BCUT2D eigenvalue weighted by molar-refractivity contribution is -0.117. The van der Waals surface area contributed by atoms with E-state index in [1.54, 1.807) is 0 Å². The average Bonchev–Trinajstić information content (AvgIpc) is 2.88. The predicted molar refractivity (Wildman–Crippen MR) is 84.2 cm³/mol. The van der Waals surface area contributed by atoms with E-state index in [0.717, 1.165) is 23.9 Å². The van der Waals surface area contributed by atoms with Crippen molar-refractivity contribution >= 4 is 22.4 Å². The second kappa shape index (κ2) is 7.18. The normalized spacial score (nSPS) is 20.9. The van der Waals surface area contributed by atoms with Crippen molar-refractivity contribution < 1.29 is 4.79 Å². The molecule has 0 saturated carbocycles. The van der Waals surface area contributed by atoms with Crippen molar-refractivity contribution in [2.75, 3.05) is 18.4 Å². The lowest BCUT2D eigenvalue weighted by Gasteiger charge is -2.27. The second-order valence-electron chi connectivity index (χ2n) is 6.07. The first-order valence-electron chi connectivity index (χ1n) is 7.52. The summed E-state index contributed by atoms with van der Waals surface area (Å²) in [5.74, 6) is 1.54. The van der Waals surface area contributed by atoms with Gasteiger partial charge in [0.2, 0.25) is 5.91 Å². The fraction of sp³-hybridized carbons (Fsp3) is 0.733.